The molecule has 0 spiro atoms. The van der Waals surface area contributed by atoms with Crippen molar-refractivity contribution in [1.29, 1.82) is 0 Å². The normalized spacial score (nSPS) is 17.8. The molecule has 0 aromatic heterocycles. The van der Waals surface area contributed by atoms with E-state index < -0.39 is 0 Å². The van der Waals surface area contributed by atoms with E-state index in [1.807, 2.05) is 4.90 Å². The first-order valence-electron chi connectivity index (χ1n) is 5.95. The highest BCUT2D eigenvalue weighted by Crippen LogP contribution is 2.06. The van der Waals surface area contributed by atoms with E-state index in [0.717, 1.165) is 39.0 Å². The molecule has 0 radical (unpaired) electrons. The summed E-state index contributed by atoms with van der Waals surface area (Å²) < 4.78 is 0. The fraction of sp³-hybridized carbons (Fsp3) is 0.909. The number of β-amino-alcohol motifs (C(OH)–C–C–N with tert-alkyl or cyclic N) is 1. The molecule has 94 valence electrons. The van der Waals surface area contributed by atoms with Crippen LogP contribution in [0.5, 0.6) is 0 Å². The number of amides is 1. The molecule has 0 saturated carbocycles. The average Bonchev–Trinajstić information content (AvgIpc) is 2.30. The first-order valence-corrected chi connectivity index (χ1v) is 6.48. The summed E-state index contributed by atoms with van der Waals surface area (Å²) in [5.41, 5.74) is 0. The molecule has 0 aromatic carbocycles. The minimum absolute atomic E-state index is 0.198. The van der Waals surface area contributed by atoms with Crippen LogP contribution in [0.15, 0.2) is 0 Å². The largest absolute Gasteiger partial charge is 0.395 e. The lowest BCUT2D eigenvalue weighted by atomic mass is 10.2. The van der Waals surface area contributed by atoms with Crippen LogP contribution in [0.25, 0.3) is 0 Å². The summed E-state index contributed by atoms with van der Waals surface area (Å²) in [6, 6.07) is 0. The second-order valence-electron chi connectivity index (χ2n) is 4.09. The van der Waals surface area contributed by atoms with Crippen LogP contribution in [0.4, 0.5) is 0 Å². The lowest BCUT2D eigenvalue weighted by molar-refractivity contribution is -0.133. The summed E-state index contributed by atoms with van der Waals surface area (Å²) in [6.45, 7) is 4.25. The molecule has 1 amide bonds. The highest BCUT2D eigenvalue weighted by molar-refractivity contribution is 6.17. The first kappa shape index (κ1) is 13.7. The van der Waals surface area contributed by atoms with Crippen molar-refractivity contribution in [3.05, 3.63) is 0 Å². The molecule has 0 bridgehead atoms. The van der Waals surface area contributed by atoms with Gasteiger partial charge < -0.3 is 10.0 Å². The maximum absolute atomic E-state index is 11.8. The van der Waals surface area contributed by atoms with Gasteiger partial charge in [-0.3, -0.25) is 9.69 Å². The van der Waals surface area contributed by atoms with Gasteiger partial charge in [-0.25, -0.2) is 0 Å². The van der Waals surface area contributed by atoms with Crippen LogP contribution >= 0.6 is 11.6 Å². The molecule has 0 unspecified atom stereocenters. The summed E-state index contributed by atoms with van der Waals surface area (Å²) in [5, 5.41) is 8.80. The van der Waals surface area contributed by atoms with Crippen LogP contribution in [0.1, 0.15) is 19.3 Å². The molecule has 4 nitrogen and oxygen atoms in total. The SMILES string of the molecule is O=C(CCCCCl)N1CCN(CCO)CC1. The quantitative estimate of drug-likeness (QED) is 0.551. The number of carbonyl (C=O) groups is 1. The molecule has 0 aromatic rings. The molecule has 1 aliphatic rings. The summed E-state index contributed by atoms with van der Waals surface area (Å²) in [5.74, 6) is 0.881. The van der Waals surface area contributed by atoms with E-state index in [4.69, 9.17) is 16.7 Å². The van der Waals surface area contributed by atoms with E-state index in [9.17, 15) is 4.79 Å². The molecule has 1 N–H and O–H groups in total. The molecule has 1 aliphatic heterocycles. The van der Waals surface area contributed by atoms with E-state index in [-0.39, 0.29) is 12.5 Å². The number of aliphatic hydroxyl groups excluding tert-OH is 1. The molecule has 0 atom stereocenters. The van der Waals surface area contributed by atoms with E-state index in [0.29, 0.717) is 18.8 Å². The molecule has 5 heteroatoms. The van der Waals surface area contributed by atoms with Gasteiger partial charge in [-0.2, -0.15) is 0 Å². The van der Waals surface area contributed by atoms with E-state index in [2.05, 4.69) is 4.90 Å². The van der Waals surface area contributed by atoms with Crippen molar-refractivity contribution in [2.24, 2.45) is 0 Å². The highest BCUT2D eigenvalue weighted by Gasteiger charge is 2.19. The van der Waals surface area contributed by atoms with Gasteiger partial charge in [0.1, 0.15) is 0 Å². The Labute approximate surface area is 102 Å². The zero-order valence-corrected chi connectivity index (χ0v) is 10.5. The van der Waals surface area contributed by atoms with Gasteiger partial charge in [0.2, 0.25) is 5.91 Å². The van der Waals surface area contributed by atoms with Crippen LogP contribution in [-0.2, 0) is 4.79 Å². The van der Waals surface area contributed by atoms with Gasteiger partial charge in [0.15, 0.2) is 0 Å². The molecule has 1 rings (SSSR count). The van der Waals surface area contributed by atoms with Crippen molar-refractivity contribution in [3.8, 4) is 0 Å². The van der Waals surface area contributed by atoms with Gasteiger partial charge in [0.25, 0.3) is 0 Å². The van der Waals surface area contributed by atoms with Crippen LogP contribution in [0, 0.1) is 0 Å². The summed E-state index contributed by atoms with van der Waals surface area (Å²) in [7, 11) is 0. The Morgan fingerprint density at radius 1 is 1.19 bits per heavy atom. The second kappa shape index (κ2) is 7.87. The summed E-state index contributed by atoms with van der Waals surface area (Å²) in [4.78, 5) is 15.9. The molecule has 1 fully saturated rings. The van der Waals surface area contributed by atoms with Crippen LogP contribution in [0.2, 0.25) is 0 Å². The zero-order valence-electron chi connectivity index (χ0n) is 9.70. The third-order valence-electron chi connectivity index (χ3n) is 2.92. The fourth-order valence-corrected chi connectivity index (χ4v) is 2.08. The number of piperazine rings is 1. The Kier molecular flexibility index (Phi) is 6.76. The number of aliphatic hydroxyl groups is 1. The van der Waals surface area contributed by atoms with Gasteiger partial charge in [-0.05, 0) is 12.8 Å². The predicted molar refractivity (Wildman–Crippen MR) is 64.7 cm³/mol. The minimum Gasteiger partial charge on any atom is -0.395 e. The number of nitrogens with zero attached hydrogens (tertiary/aromatic N) is 2. The third-order valence-corrected chi connectivity index (χ3v) is 3.18. The van der Waals surface area contributed by atoms with Crippen molar-refractivity contribution < 1.29 is 9.90 Å². The average molecular weight is 249 g/mol. The minimum atomic E-state index is 0.198. The molecule has 0 aliphatic carbocycles. The van der Waals surface area contributed by atoms with Crippen molar-refractivity contribution in [2.75, 3.05) is 45.2 Å². The molecule has 1 heterocycles. The maximum atomic E-state index is 11.8. The van der Waals surface area contributed by atoms with Crippen molar-refractivity contribution >= 4 is 17.5 Å². The van der Waals surface area contributed by atoms with Crippen LogP contribution in [-0.4, -0.2) is 66.0 Å². The zero-order chi connectivity index (χ0) is 11.8. The van der Waals surface area contributed by atoms with Gasteiger partial charge in [0.05, 0.1) is 6.61 Å². The van der Waals surface area contributed by atoms with Gasteiger partial charge >= 0.3 is 0 Å². The standard InChI is InChI=1S/C11H21ClN2O2/c12-4-2-1-3-11(16)14-7-5-13(6-8-14)9-10-15/h15H,1-10H2. The molecular formula is C11H21ClN2O2. The fourth-order valence-electron chi connectivity index (χ4n) is 1.89. The van der Waals surface area contributed by atoms with Crippen molar-refractivity contribution in [3.63, 3.8) is 0 Å². The Balaban J connectivity index is 2.17. The number of hydrogen-bond donors (Lipinski definition) is 1. The lowest BCUT2D eigenvalue weighted by Gasteiger charge is -2.34. The lowest BCUT2D eigenvalue weighted by Crippen LogP contribution is -2.49. The smallest absolute Gasteiger partial charge is 0.222 e. The first-order chi connectivity index (χ1) is 7.77. The Morgan fingerprint density at radius 3 is 2.44 bits per heavy atom. The van der Waals surface area contributed by atoms with Crippen LogP contribution in [0.3, 0.4) is 0 Å². The number of hydrogen-bond acceptors (Lipinski definition) is 3. The van der Waals surface area contributed by atoms with Crippen molar-refractivity contribution in [1.82, 2.24) is 9.80 Å². The monoisotopic (exact) mass is 248 g/mol. The molecule has 16 heavy (non-hydrogen) atoms. The molecular weight excluding hydrogens is 228 g/mol. The van der Waals surface area contributed by atoms with E-state index in [1.165, 1.54) is 0 Å². The van der Waals surface area contributed by atoms with Gasteiger partial charge in [-0.1, -0.05) is 0 Å². The summed E-state index contributed by atoms with van der Waals surface area (Å²) in [6.07, 6.45) is 2.42. The topological polar surface area (TPSA) is 43.8 Å². The second-order valence-corrected chi connectivity index (χ2v) is 4.47. The molecule has 1 saturated heterocycles. The van der Waals surface area contributed by atoms with Crippen LogP contribution < -0.4 is 0 Å². The van der Waals surface area contributed by atoms with Gasteiger partial charge in [-0.15, -0.1) is 11.6 Å². The highest BCUT2D eigenvalue weighted by atomic mass is 35.5. The Bertz CT molecular complexity index is 206. The number of unbranched alkanes of at least 4 members (excludes halogenated alkanes) is 1. The third kappa shape index (κ3) is 4.68. The maximum Gasteiger partial charge on any atom is 0.222 e. The van der Waals surface area contributed by atoms with Crippen molar-refractivity contribution in [2.45, 2.75) is 19.3 Å². The summed E-state index contributed by atoms with van der Waals surface area (Å²) >= 11 is 5.57. The van der Waals surface area contributed by atoms with Gasteiger partial charge in [0, 0.05) is 45.0 Å². The number of carbonyl (C=O) groups excluding carboxylic acids is 1. The van der Waals surface area contributed by atoms with E-state index in [1.54, 1.807) is 0 Å². The Morgan fingerprint density at radius 2 is 1.88 bits per heavy atom. The number of rotatable bonds is 6. The Hall–Kier alpha value is -0.320. The number of alkyl halides is 1. The number of halogens is 1. The van der Waals surface area contributed by atoms with E-state index >= 15 is 0 Å². The predicted octanol–water partition coefficient (Wildman–Crippen LogP) is 0.532.